The standard InChI is InChI=1S/C28H22FN3O5S2.C13H13FN4O3S.H3N/c1-27(29)22(36-26(34)18-11-7-4-8-12-18)20(13-35-25(33)17-9-5-3-6-10-17)37-28(27,15-30)23-21-19(14-39-23)24(38-2)32-16-31-21;1-12(14)9(20)7(2-19)21-13(12,4-15)10-8-6(3-22-10)11(16)18-5-17-8;/h3-12,14,16,20,22H,13H2,1-2H3;3,5,7,9,19-20H,2H2,1H3,(H2,16,17,18);1H3/t20-,22-,27-,28+;7-,9-,12-,13+;/m11./s1. The van der Waals surface area contributed by atoms with Gasteiger partial charge in [0, 0.05) is 16.1 Å². The molecule has 6 heterocycles. The van der Waals surface area contributed by atoms with E-state index < -0.39 is 72.1 Å². The van der Waals surface area contributed by atoms with Gasteiger partial charge in [-0.3, -0.25) is 0 Å². The second-order valence-corrected chi connectivity index (χ2v) is 16.7. The Hall–Kier alpha value is -5.75. The first-order valence-electron chi connectivity index (χ1n) is 18.3. The minimum absolute atomic E-state index is 0. The van der Waals surface area contributed by atoms with Crippen LogP contribution in [0, 0.1) is 22.7 Å². The molecule has 0 bridgehead atoms. The van der Waals surface area contributed by atoms with Crippen LogP contribution in [-0.4, -0.2) is 97.3 Å². The predicted octanol–water partition coefficient (Wildman–Crippen LogP) is 5.98. The molecular weight excluding hydrogens is 867 g/mol. The molecular formula is C41H38F2N8O8S3. The van der Waals surface area contributed by atoms with Crippen LogP contribution in [-0.2, 0) is 30.1 Å². The molecule has 62 heavy (non-hydrogen) atoms. The lowest BCUT2D eigenvalue weighted by Crippen LogP contribution is -2.49. The second kappa shape index (κ2) is 17.9. The number of nitrogen functional groups attached to an aromatic ring is 1. The number of halogens is 2. The number of nitrogens with two attached hydrogens (primary N) is 1. The number of thiophene rings is 2. The van der Waals surface area contributed by atoms with Crippen molar-refractivity contribution in [2.45, 2.75) is 65.8 Å². The van der Waals surface area contributed by atoms with Gasteiger partial charge < -0.3 is 41.0 Å². The third-order valence-corrected chi connectivity index (χ3v) is 13.4. The number of thioether (sulfide) groups is 1. The molecule has 6 aromatic rings. The van der Waals surface area contributed by atoms with Gasteiger partial charge in [-0.1, -0.05) is 36.4 Å². The summed E-state index contributed by atoms with van der Waals surface area (Å²) < 4.78 is 54.9. The zero-order chi connectivity index (χ0) is 43.7. The highest BCUT2D eigenvalue weighted by atomic mass is 32.2. The monoisotopic (exact) mass is 904 g/mol. The molecule has 8 atom stereocenters. The van der Waals surface area contributed by atoms with E-state index in [2.05, 4.69) is 19.9 Å². The van der Waals surface area contributed by atoms with Crippen LogP contribution in [0.15, 0.2) is 89.1 Å². The maximum Gasteiger partial charge on any atom is 0.338 e. The largest absolute Gasteiger partial charge is 0.459 e. The molecule has 0 spiro atoms. The van der Waals surface area contributed by atoms with Crippen LogP contribution in [0.4, 0.5) is 14.6 Å². The molecule has 8 rings (SSSR count). The highest BCUT2D eigenvalue weighted by Gasteiger charge is 2.70. The number of aliphatic hydroxyl groups excluding tert-OH is 2. The molecule has 0 saturated carbocycles. The SMILES string of the molecule is CSc1ncnc2c([C@]3(C#N)O[C@H](COC(=O)c4ccccc4)[C@@H](OC(=O)c4ccccc4)[C@@]3(C)F)scc12.C[C@@]1(F)[C@H](O)[C@@H](CO)O[C@@]1(C#N)c1scc2c(N)ncnc12.N. The fraction of sp³-hybridized carbons (Fsp3) is 0.317. The third kappa shape index (κ3) is 7.50. The molecule has 21 heteroatoms. The van der Waals surface area contributed by atoms with Gasteiger partial charge in [0.15, 0.2) is 17.4 Å². The normalized spacial score (nSPS) is 27.6. The molecule has 2 aliphatic heterocycles. The summed E-state index contributed by atoms with van der Waals surface area (Å²) in [4.78, 5) is 42.5. The van der Waals surface area contributed by atoms with E-state index in [1.807, 2.05) is 18.4 Å². The molecule has 16 nitrogen and oxygen atoms in total. The van der Waals surface area contributed by atoms with Gasteiger partial charge in [0.05, 0.1) is 43.9 Å². The average molecular weight is 905 g/mol. The van der Waals surface area contributed by atoms with Crippen LogP contribution in [0.2, 0.25) is 0 Å². The molecule has 2 fully saturated rings. The van der Waals surface area contributed by atoms with Crippen molar-refractivity contribution in [2.24, 2.45) is 0 Å². The first kappa shape index (κ1) is 45.8. The van der Waals surface area contributed by atoms with E-state index in [1.54, 1.807) is 59.3 Å². The summed E-state index contributed by atoms with van der Waals surface area (Å²) in [6.45, 7) is 1.16. The van der Waals surface area contributed by atoms with E-state index in [0.29, 0.717) is 26.8 Å². The van der Waals surface area contributed by atoms with Crippen LogP contribution in [0.5, 0.6) is 0 Å². The highest BCUT2D eigenvalue weighted by Crippen LogP contribution is 2.55. The summed E-state index contributed by atoms with van der Waals surface area (Å²) in [5.74, 6) is -1.26. The lowest BCUT2D eigenvalue weighted by molar-refractivity contribution is -0.0688. The quantitative estimate of drug-likeness (QED) is 0.0738. The first-order valence-corrected chi connectivity index (χ1v) is 21.3. The minimum Gasteiger partial charge on any atom is -0.459 e. The maximum atomic E-state index is 17.0. The third-order valence-electron chi connectivity index (χ3n) is 10.6. The number of benzene rings is 2. The molecule has 2 aliphatic rings. The Bertz CT molecular complexity index is 2680. The van der Waals surface area contributed by atoms with Gasteiger partial charge in [-0.2, -0.15) is 10.5 Å². The Morgan fingerprint density at radius 1 is 0.839 bits per heavy atom. The number of alkyl halides is 2. The second-order valence-electron chi connectivity index (χ2n) is 14.1. The van der Waals surface area contributed by atoms with Crippen LogP contribution in [0.1, 0.15) is 44.3 Å². The fourth-order valence-corrected chi connectivity index (χ4v) is 10.2. The fourth-order valence-electron chi connectivity index (χ4n) is 7.24. The van der Waals surface area contributed by atoms with Gasteiger partial charge >= 0.3 is 11.9 Å². The van der Waals surface area contributed by atoms with Gasteiger partial charge in [0.1, 0.15) is 60.6 Å². The molecule has 2 aromatic carbocycles. The van der Waals surface area contributed by atoms with Crippen molar-refractivity contribution >= 4 is 74.0 Å². The Morgan fingerprint density at radius 3 is 1.90 bits per heavy atom. The van der Waals surface area contributed by atoms with E-state index in [-0.39, 0.29) is 32.8 Å². The molecule has 2 saturated heterocycles. The van der Waals surface area contributed by atoms with Gasteiger partial charge in [-0.05, 0) is 44.4 Å². The van der Waals surface area contributed by atoms with Crippen LogP contribution in [0.3, 0.4) is 0 Å². The molecule has 0 amide bonds. The van der Waals surface area contributed by atoms with E-state index in [9.17, 15) is 30.3 Å². The number of fused-ring (bicyclic) bond motifs is 2. The lowest BCUT2D eigenvalue weighted by atomic mass is 9.82. The van der Waals surface area contributed by atoms with Crippen molar-refractivity contribution in [3.05, 3.63) is 105 Å². The number of esters is 2. The molecule has 0 aliphatic carbocycles. The van der Waals surface area contributed by atoms with Gasteiger partial charge in [-0.15, -0.1) is 34.4 Å². The Kier molecular flexibility index (Phi) is 13.2. The van der Waals surface area contributed by atoms with E-state index in [1.165, 1.54) is 36.5 Å². The minimum atomic E-state index is -2.56. The summed E-state index contributed by atoms with van der Waals surface area (Å²) in [6.07, 6.45) is -1.33. The number of carbonyl (C=O) groups is 2. The lowest BCUT2D eigenvalue weighted by Gasteiger charge is -2.31. The summed E-state index contributed by atoms with van der Waals surface area (Å²) in [6, 6.07) is 20.2. The number of hydrogen-bond donors (Lipinski definition) is 4. The van der Waals surface area contributed by atoms with Crippen LogP contribution >= 0.6 is 34.4 Å². The molecule has 322 valence electrons. The topological polar surface area (TPSA) is 272 Å². The molecule has 0 unspecified atom stereocenters. The average Bonchev–Trinajstić information content (AvgIpc) is 4.01. The van der Waals surface area contributed by atoms with Crippen molar-refractivity contribution in [2.75, 3.05) is 25.2 Å². The summed E-state index contributed by atoms with van der Waals surface area (Å²) in [5, 5.41) is 44.5. The van der Waals surface area contributed by atoms with Crippen molar-refractivity contribution < 1.29 is 47.5 Å². The van der Waals surface area contributed by atoms with Crippen molar-refractivity contribution in [1.29, 1.82) is 10.5 Å². The van der Waals surface area contributed by atoms with Crippen molar-refractivity contribution in [1.82, 2.24) is 26.1 Å². The Morgan fingerprint density at radius 2 is 1.35 bits per heavy atom. The van der Waals surface area contributed by atoms with Crippen LogP contribution < -0.4 is 11.9 Å². The van der Waals surface area contributed by atoms with Crippen molar-refractivity contribution in [3.63, 3.8) is 0 Å². The van der Waals surface area contributed by atoms with E-state index in [4.69, 9.17) is 24.7 Å². The summed E-state index contributed by atoms with van der Waals surface area (Å²) in [5.41, 5.74) is -2.38. The Labute approximate surface area is 364 Å². The van der Waals surface area contributed by atoms with Crippen LogP contribution in [0.25, 0.3) is 21.8 Å². The molecule has 0 radical (unpaired) electrons. The smallest absolute Gasteiger partial charge is 0.338 e. The predicted molar refractivity (Wildman–Crippen MR) is 225 cm³/mol. The number of hydrogen-bond acceptors (Lipinski definition) is 19. The zero-order valence-electron chi connectivity index (χ0n) is 33.1. The summed E-state index contributed by atoms with van der Waals surface area (Å²) in [7, 11) is 0. The van der Waals surface area contributed by atoms with E-state index >= 15 is 8.78 Å². The number of ether oxygens (including phenoxy) is 4. The Balaban J connectivity index is 0.000000236. The van der Waals surface area contributed by atoms with Gasteiger partial charge in [0.25, 0.3) is 0 Å². The number of nitriles is 2. The number of aromatic nitrogens is 4. The van der Waals surface area contributed by atoms with Gasteiger partial charge in [-0.25, -0.2) is 38.3 Å². The number of rotatable bonds is 9. The number of carbonyl (C=O) groups excluding carboxylic acids is 2. The number of nitrogens with zero attached hydrogens (tertiary/aromatic N) is 6. The molecule has 4 aromatic heterocycles. The number of aliphatic hydroxyl groups is 2. The van der Waals surface area contributed by atoms with Gasteiger partial charge in [0.2, 0.25) is 11.2 Å². The maximum absolute atomic E-state index is 17.0. The highest BCUT2D eigenvalue weighted by molar-refractivity contribution is 7.98. The van der Waals surface area contributed by atoms with E-state index in [0.717, 1.165) is 36.5 Å². The number of anilines is 1. The molecule has 7 N–H and O–H groups in total. The zero-order valence-corrected chi connectivity index (χ0v) is 35.5. The summed E-state index contributed by atoms with van der Waals surface area (Å²) >= 11 is 3.54. The van der Waals surface area contributed by atoms with Crippen molar-refractivity contribution in [3.8, 4) is 12.1 Å². The first-order chi connectivity index (χ1) is 29.2.